The first-order valence-electron chi connectivity index (χ1n) is 8.38. The maximum Gasteiger partial charge on any atom is 0.119 e. The lowest BCUT2D eigenvalue weighted by molar-refractivity contribution is 0.0240. The molecule has 1 aromatic carbocycles. The Hall–Kier alpha value is -1.10. The smallest absolute Gasteiger partial charge is 0.119 e. The molecule has 4 nitrogen and oxygen atoms in total. The SMILES string of the molecule is COCc1cccc(OCC2(CN3CC[C@H](N)C3)CCC2)c1. The zero-order valence-corrected chi connectivity index (χ0v) is 13.6. The van der Waals surface area contributed by atoms with Crippen LogP contribution < -0.4 is 10.5 Å². The second-order valence-corrected chi connectivity index (χ2v) is 7.01. The molecule has 2 N–H and O–H groups in total. The lowest BCUT2D eigenvalue weighted by atomic mass is 9.69. The summed E-state index contributed by atoms with van der Waals surface area (Å²) in [6.45, 7) is 4.78. The summed E-state index contributed by atoms with van der Waals surface area (Å²) in [6, 6.07) is 8.60. The summed E-state index contributed by atoms with van der Waals surface area (Å²) in [5, 5.41) is 0. The second-order valence-electron chi connectivity index (χ2n) is 7.01. The van der Waals surface area contributed by atoms with Crippen molar-refractivity contribution in [2.24, 2.45) is 11.1 Å². The molecule has 2 aliphatic rings. The van der Waals surface area contributed by atoms with Crippen molar-refractivity contribution in [1.29, 1.82) is 0 Å². The van der Waals surface area contributed by atoms with E-state index in [2.05, 4.69) is 17.0 Å². The number of methoxy groups -OCH3 is 1. The van der Waals surface area contributed by atoms with Gasteiger partial charge in [0.1, 0.15) is 5.75 Å². The maximum atomic E-state index is 6.12. The van der Waals surface area contributed by atoms with Gasteiger partial charge in [-0.05, 0) is 43.5 Å². The van der Waals surface area contributed by atoms with Crippen LogP contribution in [-0.4, -0.2) is 44.3 Å². The van der Waals surface area contributed by atoms with Crippen LogP contribution in [-0.2, 0) is 11.3 Å². The van der Waals surface area contributed by atoms with Crippen molar-refractivity contribution in [1.82, 2.24) is 4.90 Å². The van der Waals surface area contributed by atoms with Gasteiger partial charge in [0.2, 0.25) is 0 Å². The maximum absolute atomic E-state index is 6.12. The van der Waals surface area contributed by atoms with Gasteiger partial charge < -0.3 is 20.1 Å². The van der Waals surface area contributed by atoms with Gasteiger partial charge in [0.25, 0.3) is 0 Å². The largest absolute Gasteiger partial charge is 0.493 e. The predicted octanol–water partition coefficient (Wildman–Crippen LogP) is 2.42. The van der Waals surface area contributed by atoms with Gasteiger partial charge in [0.05, 0.1) is 13.2 Å². The molecule has 1 aliphatic carbocycles. The summed E-state index contributed by atoms with van der Waals surface area (Å²) in [7, 11) is 1.72. The molecule has 4 heteroatoms. The van der Waals surface area contributed by atoms with E-state index in [4.69, 9.17) is 15.2 Å². The zero-order chi connectivity index (χ0) is 15.4. The minimum Gasteiger partial charge on any atom is -0.493 e. The summed E-state index contributed by atoms with van der Waals surface area (Å²) in [6.07, 6.45) is 5.01. The molecule has 1 aliphatic heterocycles. The molecule has 2 fully saturated rings. The second kappa shape index (κ2) is 6.99. The first-order chi connectivity index (χ1) is 10.7. The van der Waals surface area contributed by atoms with Crippen molar-refractivity contribution < 1.29 is 9.47 Å². The van der Waals surface area contributed by atoms with Crippen molar-refractivity contribution in [3.8, 4) is 5.75 Å². The molecule has 0 spiro atoms. The Kier molecular flexibility index (Phi) is 5.01. The number of nitrogens with two attached hydrogens (primary N) is 1. The third-order valence-corrected chi connectivity index (χ3v) is 5.04. The van der Waals surface area contributed by atoms with Crippen LogP contribution >= 0.6 is 0 Å². The van der Waals surface area contributed by atoms with Crippen molar-refractivity contribution in [3.63, 3.8) is 0 Å². The van der Waals surface area contributed by atoms with Crippen molar-refractivity contribution in [3.05, 3.63) is 29.8 Å². The highest BCUT2D eigenvalue weighted by Gasteiger charge is 2.40. The fraction of sp³-hybridized carbons (Fsp3) is 0.667. The van der Waals surface area contributed by atoms with Gasteiger partial charge in [-0.2, -0.15) is 0 Å². The van der Waals surface area contributed by atoms with Crippen LogP contribution in [0, 0.1) is 5.41 Å². The molecule has 1 saturated heterocycles. The molecule has 0 bridgehead atoms. The summed E-state index contributed by atoms with van der Waals surface area (Å²) in [5.74, 6) is 0.957. The molecule has 1 atom stereocenters. The Morgan fingerprint density at radius 2 is 2.23 bits per heavy atom. The molecule has 0 unspecified atom stereocenters. The molecule has 1 aromatic rings. The summed E-state index contributed by atoms with van der Waals surface area (Å²) in [4.78, 5) is 2.52. The number of hydrogen-bond donors (Lipinski definition) is 1. The third kappa shape index (κ3) is 3.80. The Labute approximate surface area is 133 Å². The van der Waals surface area contributed by atoms with Crippen LogP contribution in [0.25, 0.3) is 0 Å². The third-order valence-electron chi connectivity index (χ3n) is 5.04. The Balaban J connectivity index is 1.55. The van der Waals surface area contributed by atoms with Crippen LogP contribution in [0.5, 0.6) is 5.75 Å². The van der Waals surface area contributed by atoms with E-state index in [0.717, 1.165) is 44.0 Å². The Morgan fingerprint density at radius 1 is 1.36 bits per heavy atom. The van der Waals surface area contributed by atoms with Crippen LogP contribution in [0.2, 0.25) is 0 Å². The highest BCUT2D eigenvalue weighted by Crippen LogP contribution is 2.42. The molecule has 1 heterocycles. The molecule has 1 saturated carbocycles. The monoisotopic (exact) mass is 304 g/mol. The predicted molar refractivity (Wildman–Crippen MR) is 88.0 cm³/mol. The standard InChI is InChI=1S/C18H28N2O2/c1-21-12-15-4-2-5-17(10-15)22-14-18(7-3-8-18)13-20-9-6-16(19)11-20/h2,4-5,10,16H,3,6-9,11-14,19H2,1H3/t16-/m0/s1. The van der Waals surface area contributed by atoms with E-state index >= 15 is 0 Å². The summed E-state index contributed by atoms with van der Waals surface area (Å²) >= 11 is 0. The highest BCUT2D eigenvalue weighted by molar-refractivity contribution is 5.28. The minimum atomic E-state index is 0.335. The molecule has 3 rings (SSSR count). The van der Waals surface area contributed by atoms with Gasteiger partial charge in [-0.1, -0.05) is 18.6 Å². The average molecular weight is 304 g/mol. The molecular formula is C18H28N2O2. The Morgan fingerprint density at radius 3 is 2.86 bits per heavy atom. The first-order valence-corrected chi connectivity index (χ1v) is 8.38. The van der Waals surface area contributed by atoms with Gasteiger partial charge in [-0.3, -0.25) is 0 Å². The molecule has 0 aromatic heterocycles. The molecule has 0 amide bonds. The number of likely N-dealkylation sites (tertiary alicyclic amines) is 1. The highest BCUT2D eigenvalue weighted by atomic mass is 16.5. The van der Waals surface area contributed by atoms with E-state index in [1.54, 1.807) is 7.11 Å². The van der Waals surface area contributed by atoms with Gasteiger partial charge >= 0.3 is 0 Å². The van der Waals surface area contributed by atoms with Crippen LogP contribution in [0.4, 0.5) is 0 Å². The molecular weight excluding hydrogens is 276 g/mol. The van der Waals surface area contributed by atoms with Gasteiger partial charge in [0.15, 0.2) is 0 Å². The van der Waals surface area contributed by atoms with Gasteiger partial charge in [-0.25, -0.2) is 0 Å². The average Bonchev–Trinajstić information content (AvgIpc) is 2.88. The molecule has 22 heavy (non-hydrogen) atoms. The lowest BCUT2D eigenvalue weighted by Gasteiger charge is -2.44. The van der Waals surface area contributed by atoms with Crippen LogP contribution in [0.3, 0.4) is 0 Å². The fourth-order valence-electron chi connectivity index (χ4n) is 3.63. The normalized spacial score (nSPS) is 24.2. The van der Waals surface area contributed by atoms with E-state index in [1.807, 2.05) is 12.1 Å². The van der Waals surface area contributed by atoms with Crippen LogP contribution in [0.1, 0.15) is 31.2 Å². The quantitative estimate of drug-likeness (QED) is 0.840. The molecule has 0 radical (unpaired) electrons. The minimum absolute atomic E-state index is 0.335. The summed E-state index contributed by atoms with van der Waals surface area (Å²) in [5.41, 5.74) is 7.52. The number of nitrogens with zero attached hydrogens (tertiary/aromatic N) is 1. The van der Waals surface area contributed by atoms with Crippen molar-refractivity contribution >= 4 is 0 Å². The fourth-order valence-corrected chi connectivity index (χ4v) is 3.63. The zero-order valence-electron chi connectivity index (χ0n) is 13.6. The molecule has 122 valence electrons. The number of ether oxygens (including phenoxy) is 2. The lowest BCUT2D eigenvalue weighted by Crippen LogP contribution is -2.46. The number of hydrogen-bond acceptors (Lipinski definition) is 4. The van der Waals surface area contributed by atoms with E-state index in [-0.39, 0.29) is 0 Å². The van der Waals surface area contributed by atoms with E-state index < -0.39 is 0 Å². The van der Waals surface area contributed by atoms with Crippen molar-refractivity contribution in [2.75, 3.05) is 33.4 Å². The van der Waals surface area contributed by atoms with E-state index in [0.29, 0.717) is 18.1 Å². The van der Waals surface area contributed by atoms with E-state index in [9.17, 15) is 0 Å². The van der Waals surface area contributed by atoms with E-state index in [1.165, 1.54) is 19.3 Å². The van der Waals surface area contributed by atoms with Crippen LogP contribution in [0.15, 0.2) is 24.3 Å². The van der Waals surface area contributed by atoms with Gasteiger partial charge in [-0.15, -0.1) is 0 Å². The van der Waals surface area contributed by atoms with Gasteiger partial charge in [0, 0.05) is 31.7 Å². The number of benzene rings is 1. The first kappa shape index (κ1) is 15.8. The topological polar surface area (TPSA) is 47.7 Å². The van der Waals surface area contributed by atoms with Crippen molar-refractivity contribution in [2.45, 2.75) is 38.3 Å². The summed E-state index contributed by atoms with van der Waals surface area (Å²) < 4.78 is 11.3. The number of rotatable bonds is 7. The Bertz CT molecular complexity index is 488.